The first-order chi connectivity index (χ1) is 10.7. The highest BCUT2D eigenvalue weighted by molar-refractivity contribution is 5.93. The van der Waals surface area contributed by atoms with Crippen LogP contribution in [-0.4, -0.2) is 43.0 Å². The molecule has 0 spiro atoms. The Labute approximate surface area is 130 Å². The SMILES string of the molecule is CN(CCC=N)C(=O)C1=C[C@@H](C2C=CNC3=NC=CC32)CN1. The molecule has 2 unspecified atom stereocenters. The molecule has 6 heteroatoms. The highest BCUT2D eigenvalue weighted by Gasteiger charge is 2.35. The number of amidine groups is 1. The van der Waals surface area contributed by atoms with Crippen molar-refractivity contribution in [2.24, 2.45) is 22.7 Å². The van der Waals surface area contributed by atoms with Crippen molar-refractivity contribution in [2.45, 2.75) is 6.42 Å². The molecule has 22 heavy (non-hydrogen) atoms. The van der Waals surface area contributed by atoms with Gasteiger partial charge < -0.3 is 20.9 Å². The van der Waals surface area contributed by atoms with Crippen molar-refractivity contribution in [3.8, 4) is 0 Å². The number of carbonyl (C=O) groups excluding carboxylic acids is 1. The Kier molecular flexibility index (Phi) is 4.09. The third-order valence-corrected chi connectivity index (χ3v) is 4.38. The molecule has 3 atom stereocenters. The van der Waals surface area contributed by atoms with Crippen molar-refractivity contribution < 1.29 is 4.79 Å². The predicted octanol–water partition coefficient (Wildman–Crippen LogP) is 0.863. The second kappa shape index (κ2) is 6.17. The van der Waals surface area contributed by atoms with Crippen molar-refractivity contribution in [2.75, 3.05) is 20.1 Å². The molecule has 0 bridgehead atoms. The number of allylic oxidation sites excluding steroid dienone is 1. The molecule has 3 N–H and O–H groups in total. The summed E-state index contributed by atoms with van der Waals surface area (Å²) in [7, 11) is 1.77. The van der Waals surface area contributed by atoms with Crippen LogP contribution in [0.3, 0.4) is 0 Å². The maximum atomic E-state index is 12.4. The number of aliphatic imine (C=N–C) groups is 1. The Morgan fingerprint density at radius 3 is 3.23 bits per heavy atom. The summed E-state index contributed by atoms with van der Waals surface area (Å²) >= 11 is 0. The highest BCUT2D eigenvalue weighted by atomic mass is 16.2. The molecule has 3 heterocycles. The number of hydrogen-bond donors (Lipinski definition) is 3. The zero-order chi connectivity index (χ0) is 15.5. The van der Waals surface area contributed by atoms with Crippen LogP contribution in [0.15, 0.2) is 41.3 Å². The minimum Gasteiger partial charge on any atom is -0.380 e. The van der Waals surface area contributed by atoms with Crippen molar-refractivity contribution >= 4 is 18.0 Å². The summed E-state index contributed by atoms with van der Waals surface area (Å²) in [6, 6.07) is 0. The third kappa shape index (κ3) is 2.68. The molecule has 0 aromatic rings. The predicted molar refractivity (Wildman–Crippen MR) is 86.4 cm³/mol. The largest absolute Gasteiger partial charge is 0.380 e. The molecule has 6 nitrogen and oxygen atoms in total. The fourth-order valence-electron chi connectivity index (χ4n) is 3.13. The lowest BCUT2D eigenvalue weighted by Gasteiger charge is -2.28. The Hall–Kier alpha value is -2.37. The van der Waals surface area contributed by atoms with Gasteiger partial charge >= 0.3 is 0 Å². The van der Waals surface area contributed by atoms with E-state index in [0.717, 1.165) is 12.4 Å². The van der Waals surface area contributed by atoms with Crippen LogP contribution in [0.25, 0.3) is 0 Å². The molecule has 0 aromatic heterocycles. The minimum atomic E-state index is -0.00174. The first-order valence-corrected chi connectivity index (χ1v) is 7.58. The maximum absolute atomic E-state index is 12.4. The van der Waals surface area contributed by atoms with E-state index >= 15 is 0 Å². The van der Waals surface area contributed by atoms with Crippen LogP contribution < -0.4 is 10.6 Å². The smallest absolute Gasteiger partial charge is 0.269 e. The van der Waals surface area contributed by atoms with Crippen LogP contribution >= 0.6 is 0 Å². The van der Waals surface area contributed by atoms with E-state index in [1.165, 1.54) is 6.21 Å². The van der Waals surface area contributed by atoms with Gasteiger partial charge in [0.2, 0.25) is 0 Å². The summed E-state index contributed by atoms with van der Waals surface area (Å²) in [6.07, 6.45) is 12.0. The number of amides is 1. The van der Waals surface area contributed by atoms with Crippen LogP contribution in [0.1, 0.15) is 6.42 Å². The highest BCUT2D eigenvalue weighted by Crippen LogP contribution is 2.33. The van der Waals surface area contributed by atoms with Gasteiger partial charge in [-0.1, -0.05) is 18.2 Å². The van der Waals surface area contributed by atoms with Crippen molar-refractivity contribution in [1.29, 1.82) is 5.41 Å². The van der Waals surface area contributed by atoms with E-state index in [-0.39, 0.29) is 17.7 Å². The standard InChI is InChI=1S/C16H21N5O/c1-21(8-2-5-17)16(22)14-9-11(10-20-14)12-3-6-18-15-13(12)4-7-19-15/h3-7,9,11-13,17,20H,2,8,10H2,1H3,(H,18,19)/t11-,12?,13?/m1/s1. The molecule has 1 amide bonds. The van der Waals surface area contributed by atoms with E-state index in [4.69, 9.17) is 5.41 Å². The Balaban J connectivity index is 1.69. The van der Waals surface area contributed by atoms with Crippen LogP contribution in [0.2, 0.25) is 0 Å². The van der Waals surface area contributed by atoms with E-state index in [9.17, 15) is 4.79 Å². The molecular formula is C16H21N5O. The van der Waals surface area contributed by atoms with Crippen molar-refractivity contribution in [3.63, 3.8) is 0 Å². The first-order valence-electron chi connectivity index (χ1n) is 7.58. The second-order valence-electron chi connectivity index (χ2n) is 5.81. The quantitative estimate of drug-likeness (QED) is 0.659. The van der Waals surface area contributed by atoms with Gasteiger partial charge in [0.1, 0.15) is 5.84 Å². The third-order valence-electron chi connectivity index (χ3n) is 4.38. The number of nitrogens with zero attached hydrogens (tertiary/aromatic N) is 2. The van der Waals surface area contributed by atoms with Gasteiger partial charge in [0.15, 0.2) is 0 Å². The van der Waals surface area contributed by atoms with Crippen LogP contribution in [-0.2, 0) is 4.79 Å². The van der Waals surface area contributed by atoms with Crippen LogP contribution in [0.4, 0.5) is 0 Å². The number of nitrogens with one attached hydrogen (secondary N) is 3. The molecule has 116 valence electrons. The first kappa shape index (κ1) is 14.6. The molecule has 3 rings (SSSR count). The van der Waals surface area contributed by atoms with Gasteiger partial charge in [-0.2, -0.15) is 0 Å². The van der Waals surface area contributed by atoms with E-state index < -0.39 is 0 Å². The number of hydrogen-bond acceptors (Lipinski definition) is 5. The van der Waals surface area contributed by atoms with Crippen LogP contribution in [0, 0.1) is 23.2 Å². The maximum Gasteiger partial charge on any atom is 0.269 e. The average Bonchev–Trinajstić information content (AvgIpc) is 3.20. The summed E-state index contributed by atoms with van der Waals surface area (Å²) in [5.41, 5.74) is 0.671. The van der Waals surface area contributed by atoms with Gasteiger partial charge in [0.05, 0.1) is 5.70 Å². The summed E-state index contributed by atoms with van der Waals surface area (Å²) < 4.78 is 0. The lowest BCUT2D eigenvalue weighted by molar-refractivity contribution is -0.126. The molecule has 0 saturated heterocycles. The van der Waals surface area contributed by atoms with Crippen molar-refractivity contribution in [1.82, 2.24) is 15.5 Å². The number of rotatable bonds is 5. The van der Waals surface area contributed by atoms with E-state index in [0.29, 0.717) is 24.6 Å². The minimum absolute atomic E-state index is 0.00174. The molecule has 0 fully saturated rings. The number of likely N-dealkylation sites (N-methyl/N-ethyl adjacent to an activating group) is 1. The molecular weight excluding hydrogens is 278 g/mol. The average molecular weight is 299 g/mol. The van der Waals surface area contributed by atoms with Crippen molar-refractivity contribution in [3.05, 3.63) is 36.3 Å². The molecule has 0 aliphatic carbocycles. The summed E-state index contributed by atoms with van der Waals surface area (Å²) in [6.45, 7) is 1.34. The number of carbonyl (C=O) groups is 1. The normalized spacial score (nSPS) is 28.3. The lowest BCUT2D eigenvalue weighted by atomic mass is 9.80. The van der Waals surface area contributed by atoms with Gasteiger partial charge in [0, 0.05) is 38.2 Å². The van der Waals surface area contributed by atoms with Gasteiger partial charge in [-0.15, -0.1) is 0 Å². The van der Waals surface area contributed by atoms with Gasteiger partial charge in [-0.3, -0.25) is 4.79 Å². The molecule has 0 saturated carbocycles. The lowest BCUT2D eigenvalue weighted by Crippen LogP contribution is -2.37. The summed E-state index contributed by atoms with van der Waals surface area (Å²) in [5, 5.41) is 13.5. The topological polar surface area (TPSA) is 80.6 Å². The van der Waals surface area contributed by atoms with E-state index in [1.54, 1.807) is 11.9 Å². The molecule has 3 aliphatic rings. The molecule has 0 radical (unpaired) electrons. The van der Waals surface area contributed by atoms with Gasteiger partial charge in [-0.05, 0) is 24.8 Å². The number of fused-ring (bicyclic) bond motifs is 1. The zero-order valence-corrected chi connectivity index (χ0v) is 12.6. The Morgan fingerprint density at radius 1 is 1.55 bits per heavy atom. The second-order valence-corrected chi connectivity index (χ2v) is 5.81. The zero-order valence-electron chi connectivity index (χ0n) is 12.6. The fraction of sp³-hybridized carbons (Fsp3) is 0.438. The molecule has 0 aromatic carbocycles. The van der Waals surface area contributed by atoms with Crippen LogP contribution in [0.5, 0.6) is 0 Å². The van der Waals surface area contributed by atoms with Gasteiger partial charge in [0.25, 0.3) is 5.91 Å². The fourth-order valence-corrected chi connectivity index (χ4v) is 3.13. The Bertz CT molecular complexity index is 589. The monoisotopic (exact) mass is 299 g/mol. The summed E-state index contributed by atoms with van der Waals surface area (Å²) in [5.74, 6) is 1.87. The van der Waals surface area contributed by atoms with E-state index in [1.807, 2.05) is 18.5 Å². The Morgan fingerprint density at radius 2 is 2.41 bits per heavy atom. The summed E-state index contributed by atoms with van der Waals surface area (Å²) in [4.78, 5) is 18.4. The van der Waals surface area contributed by atoms with Gasteiger partial charge in [-0.25, -0.2) is 4.99 Å². The van der Waals surface area contributed by atoms with E-state index in [2.05, 4.69) is 27.8 Å². The molecule has 3 aliphatic heterocycles.